The molecule has 0 fully saturated rings. The van der Waals surface area contributed by atoms with E-state index in [9.17, 15) is 9.59 Å². The summed E-state index contributed by atoms with van der Waals surface area (Å²) in [6.45, 7) is 0. The van der Waals surface area contributed by atoms with E-state index in [1.807, 2.05) is 17.6 Å². The molecule has 3 N–H and O–H groups in total. The largest absolute Gasteiger partial charge is 0.349 e. The van der Waals surface area contributed by atoms with Crippen LogP contribution in [-0.4, -0.2) is 28.1 Å². The first-order chi connectivity index (χ1) is 12.7. The molecule has 1 aliphatic carbocycles. The van der Waals surface area contributed by atoms with E-state index < -0.39 is 0 Å². The zero-order valence-electron chi connectivity index (χ0n) is 14.0. The summed E-state index contributed by atoms with van der Waals surface area (Å²) in [5, 5.41) is 14.8. The van der Waals surface area contributed by atoms with Crippen LogP contribution in [0.2, 0.25) is 0 Å². The topological polar surface area (TPSA) is 86.9 Å². The second kappa shape index (κ2) is 7.13. The van der Waals surface area contributed by atoms with E-state index in [-0.39, 0.29) is 17.9 Å². The van der Waals surface area contributed by atoms with E-state index in [0.717, 1.165) is 25.0 Å². The molecule has 6 nitrogen and oxygen atoms in total. The number of hydrogen-bond donors (Lipinski definition) is 3. The van der Waals surface area contributed by atoms with Crippen molar-refractivity contribution in [3.05, 3.63) is 69.7 Å². The van der Waals surface area contributed by atoms with Crippen LogP contribution in [0.5, 0.6) is 0 Å². The van der Waals surface area contributed by atoms with Gasteiger partial charge in [0, 0.05) is 23.0 Å². The van der Waals surface area contributed by atoms with Gasteiger partial charge in [0.05, 0.1) is 11.1 Å². The van der Waals surface area contributed by atoms with Crippen molar-refractivity contribution in [1.29, 1.82) is 0 Å². The zero-order valence-corrected chi connectivity index (χ0v) is 14.8. The molecule has 2 aromatic heterocycles. The van der Waals surface area contributed by atoms with Gasteiger partial charge >= 0.3 is 0 Å². The molecule has 4 rings (SSSR count). The molecule has 2 heterocycles. The number of nitrogens with zero attached hydrogens (tertiary/aromatic N) is 1. The quantitative estimate of drug-likeness (QED) is 0.663. The molecule has 2 amide bonds. The van der Waals surface area contributed by atoms with Gasteiger partial charge in [0.15, 0.2) is 0 Å². The van der Waals surface area contributed by atoms with Gasteiger partial charge in [-0.1, -0.05) is 12.1 Å². The number of fused-ring (bicyclic) bond motifs is 1. The van der Waals surface area contributed by atoms with Gasteiger partial charge in [-0.15, -0.1) is 11.3 Å². The number of aromatic nitrogens is 2. The number of aromatic amines is 1. The molecule has 3 aromatic rings. The van der Waals surface area contributed by atoms with Gasteiger partial charge in [0.25, 0.3) is 11.8 Å². The Labute approximate surface area is 154 Å². The van der Waals surface area contributed by atoms with E-state index in [2.05, 4.69) is 20.8 Å². The van der Waals surface area contributed by atoms with E-state index >= 15 is 0 Å². The van der Waals surface area contributed by atoms with Crippen LogP contribution in [0.4, 0.5) is 5.69 Å². The predicted molar refractivity (Wildman–Crippen MR) is 101 cm³/mol. The van der Waals surface area contributed by atoms with Gasteiger partial charge in [-0.3, -0.25) is 14.7 Å². The highest BCUT2D eigenvalue weighted by Gasteiger charge is 2.22. The summed E-state index contributed by atoms with van der Waals surface area (Å²) in [5.41, 5.74) is 3.47. The SMILES string of the molecule is O=C(NC1CCc2[nH]ncc2C1)c1cccc(NC(=O)c2cccs2)c1. The third-order valence-corrected chi connectivity index (χ3v) is 5.35. The lowest BCUT2D eigenvalue weighted by Gasteiger charge is -2.23. The van der Waals surface area contributed by atoms with Crippen LogP contribution < -0.4 is 10.6 Å². The lowest BCUT2D eigenvalue weighted by atomic mass is 9.93. The van der Waals surface area contributed by atoms with Gasteiger partial charge < -0.3 is 10.6 Å². The highest BCUT2D eigenvalue weighted by Crippen LogP contribution is 2.20. The molecule has 1 unspecified atom stereocenters. The van der Waals surface area contributed by atoms with Crippen molar-refractivity contribution in [2.75, 3.05) is 5.32 Å². The Balaban J connectivity index is 1.41. The number of anilines is 1. The monoisotopic (exact) mass is 366 g/mol. The highest BCUT2D eigenvalue weighted by molar-refractivity contribution is 7.12. The smallest absolute Gasteiger partial charge is 0.265 e. The van der Waals surface area contributed by atoms with Crippen LogP contribution >= 0.6 is 11.3 Å². The lowest BCUT2D eigenvalue weighted by Crippen LogP contribution is -2.38. The number of amides is 2. The molecular formula is C19H18N4O2S. The van der Waals surface area contributed by atoms with Crippen LogP contribution in [-0.2, 0) is 12.8 Å². The molecular weight excluding hydrogens is 348 g/mol. The number of benzene rings is 1. The molecule has 0 radical (unpaired) electrons. The van der Waals surface area contributed by atoms with Gasteiger partial charge in [-0.25, -0.2) is 0 Å². The van der Waals surface area contributed by atoms with Crippen molar-refractivity contribution in [1.82, 2.24) is 15.5 Å². The Morgan fingerprint density at radius 1 is 1.19 bits per heavy atom. The molecule has 132 valence electrons. The fraction of sp³-hybridized carbons (Fsp3) is 0.211. The second-order valence-corrected chi connectivity index (χ2v) is 7.25. The van der Waals surface area contributed by atoms with E-state index in [1.54, 1.807) is 30.3 Å². The van der Waals surface area contributed by atoms with E-state index in [1.165, 1.54) is 16.9 Å². The van der Waals surface area contributed by atoms with Crippen molar-refractivity contribution >= 4 is 28.8 Å². The van der Waals surface area contributed by atoms with Gasteiger partial charge in [-0.2, -0.15) is 5.10 Å². The van der Waals surface area contributed by atoms with Gasteiger partial charge in [0.2, 0.25) is 0 Å². The molecule has 1 atom stereocenters. The number of thiophene rings is 1. The van der Waals surface area contributed by atoms with Gasteiger partial charge in [0.1, 0.15) is 0 Å². The Hall–Kier alpha value is -2.93. The molecule has 7 heteroatoms. The Bertz CT molecular complexity index is 933. The average molecular weight is 366 g/mol. The van der Waals surface area contributed by atoms with Gasteiger partial charge in [-0.05, 0) is 54.5 Å². The predicted octanol–water partition coefficient (Wildman–Crippen LogP) is 3.01. The van der Waals surface area contributed by atoms with Crippen LogP contribution in [0.15, 0.2) is 48.0 Å². The third-order valence-electron chi connectivity index (χ3n) is 4.48. The normalized spacial score (nSPS) is 15.9. The fourth-order valence-corrected chi connectivity index (χ4v) is 3.77. The molecule has 0 aliphatic heterocycles. The summed E-state index contributed by atoms with van der Waals surface area (Å²) >= 11 is 1.38. The summed E-state index contributed by atoms with van der Waals surface area (Å²) in [7, 11) is 0. The lowest BCUT2D eigenvalue weighted by molar-refractivity contribution is 0.0932. The number of nitrogens with one attached hydrogen (secondary N) is 3. The fourth-order valence-electron chi connectivity index (χ4n) is 3.15. The van der Waals surface area contributed by atoms with E-state index in [0.29, 0.717) is 16.1 Å². The Morgan fingerprint density at radius 2 is 2.12 bits per heavy atom. The second-order valence-electron chi connectivity index (χ2n) is 6.30. The Morgan fingerprint density at radius 3 is 2.96 bits per heavy atom. The maximum absolute atomic E-state index is 12.6. The summed E-state index contributed by atoms with van der Waals surface area (Å²) in [5.74, 6) is -0.300. The summed E-state index contributed by atoms with van der Waals surface area (Å²) in [6, 6.07) is 10.7. The first kappa shape index (κ1) is 16.5. The number of hydrogen-bond acceptors (Lipinski definition) is 4. The summed E-state index contributed by atoms with van der Waals surface area (Å²) in [4.78, 5) is 25.4. The zero-order chi connectivity index (χ0) is 17.9. The molecule has 0 spiro atoms. The molecule has 0 bridgehead atoms. The first-order valence-corrected chi connectivity index (χ1v) is 9.34. The van der Waals surface area contributed by atoms with Crippen LogP contribution in [0.1, 0.15) is 37.7 Å². The van der Waals surface area contributed by atoms with Crippen LogP contribution in [0.25, 0.3) is 0 Å². The van der Waals surface area contributed by atoms with Crippen molar-refractivity contribution < 1.29 is 9.59 Å². The Kier molecular flexibility index (Phi) is 4.53. The summed E-state index contributed by atoms with van der Waals surface area (Å²) < 4.78 is 0. The molecule has 1 aromatic carbocycles. The maximum Gasteiger partial charge on any atom is 0.265 e. The summed E-state index contributed by atoms with van der Waals surface area (Å²) in [6.07, 6.45) is 4.38. The highest BCUT2D eigenvalue weighted by atomic mass is 32.1. The maximum atomic E-state index is 12.6. The third kappa shape index (κ3) is 3.52. The number of carbonyl (C=O) groups excluding carboxylic acids is 2. The number of aryl methyl sites for hydroxylation is 1. The van der Waals surface area contributed by atoms with Crippen molar-refractivity contribution in [2.24, 2.45) is 0 Å². The number of rotatable bonds is 4. The van der Waals surface area contributed by atoms with Crippen molar-refractivity contribution in [2.45, 2.75) is 25.3 Å². The van der Waals surface area contributed by atoms with Crippen molar-refractivity contribution in [3.63, 3.8) is 0 Å². The number of carbonyl (C=O) groups is 2. The first-order valence-electron chi connectivity index (χ1n) is 8.46. The minimum absolute atomic E-state index is 0.0944. The molecule has 1 aliphatic rings. The van der Waals surface area contributed by atoms with E-state index in [4.69, 9.17) is 0 Å². The minimum atomic E-state index is -0.169. The molecule has 26 heavy (non-hydrogen) atoms. The molecule has 0 saturated heterocycles. The number of H-pyrrole nitrogens is 1. The van der Waals surface area contributed by atoms with Crippen LogP contribution in [0.3, 0.4) is 0 Å². The van der Waals surface area contributed by atoms with Crippen molar-refractivity contribution in [3.8, 4) is 0 Å². The minimum Gasteiger partial charge on any atom is -0.349 e. The molecule has 0 saturated carbocycles. The standard InChI is InChI=1S/C19H18N4O2S/c24-18(21-15-6-7-16-13(10-15)11-20-23-16)12-3-1-4-14(9-12)22-19(25)17-5-2-8-26-17/h1-5,8-9,11,15H,6-7,10H2,(H,20,23)(H,21,24)(H,22,25). The average Bonchev–Trinajstić information content (AvgIpc) is 3.33. The van der Waals surface area contributed by atoms with Crippen LogP contribution in [0, 0.1) is 0 Å².